The van der Waals surface area contributed by atoms with Crippen molar-refractivity contribution in [1.82, 2.24) is 5.32 Å². The van der Waals surface area contributed by atoms with Crippen molar-refractivity contribution in [2.24, 2.45) is 5.41 Å². The molecule has 19 heavy (non-hydrogen) atoms. The fourth-order valence-electron chi connectivity index (χ4n) is 1.61. The second-order valence-electron chi connectivity index (χ2n) is 5.51. The molecule has 0 spiro atoms. The van der Waals surface area contributed by atoms with Crippen LogP contribution in [-0.4, -0.2) is 23.1 Å². The highest BCUT2D eigenvalue weighted by Gasteiger charge is 2.16. The number of non-ortho nitro benzene ring substituents is 1. The van der Waals surface area contributed by atoms with E-state index in [1.807, 2.05) is 0 Å². The summed E-state index contributed by atoms with van der Waals surface area (Å²) in [6, 6.07) is 6.01. The first kappa shape index (κ1) is 15.6. The van der Waals surface area contributed by atoms with Crippen molar-refractivity contribution in [2.45, 2.75) is 33.3 Å². The van der Waals surface area contributed by atoms with E-state index in [4.69, 9.17) is 0 Å². The van der Waals surface area contributed by atoms with Crippen LogP contribution in [0, 0.1) is 15.5 Å². The van der Waals surface area contributed by atoms with Crippen molar-refractivity contribution in [3.63, 3.8) is 0 Å². The highest BCUT2D eigenvalue weighted by atomic mass is 16.6. The smallest absolute Gasteiger partial charge is 0.269 e. The van der Waals surface area contributed by atoms with Gasteiger partial charge in [0, 0.05) is 25.2 Å². The Balaban J connectivity index is 2.49. The first-order chi connectivity index (χ1) is 8.85. The third-order valence-electron chi connectivity index (χ3n) is 3.39. The van der Waals surface area contributed by atoms with Crippen LogP contribution >= 0.6 is 0 Å². The molecule has 5 heteroatoms. The number of nitro benzene ring substituents is 1. The number of benzene rings is 1. The normalized spacial score (nSPS) is 13.3. The van der Waals surface area contributed by atoms with Crippen LogP contribution in [0.4, 0.5) is 5.69 Å². The molecule has 0 bridgehead atoms. The van der Waals surface area contributed by atoms with Crippen molar-refractivity contribution >= 4 is 5.69 Å². The maximum Gasteiger partial charge on any atom is 0.269 e. The minimum Gasteiger partial charge on any atom is -0.387 e. The minimum absolute atomic E-state index is 0.0380. The van der Waals surface area contributed by atoms with Gasteiger partial charge in [-0.25, -0.2) is 0 Å². The van der Waals surface area contributed by atoms with Crippen molar-refractivity contribution < 1.29 is 10.0 Å². The second-order valence-corrected chi connectivity index (χ2v) is 5.51. The summed E-state index contributed by atoms with van der Waals surface area (Å²) in [6.45, 7) is 7.74. The van der Waals surface area contributed by atoms with Crippen LogP contribution in [0.25, 0.3) is 0 Å². The lowest BCUT2D eigenvalue weighted by Crippen LogP contribution is -2.31. The summed E-state index contributed by atoms with van der Waals surface area (Å²) >= 11 is 0. The maximum absolute atomic E-state index is 10.5. The second kappa shape index (κ2) is 6.63. The summed E-state index contributed by atoms with van der Waals surface area (Å²) in [5.41, 5.74) is 0.929. The monoisotopic (exact) mass is 266 g/mol. The highest BCUT2D eigenvalue weighted by Crippen LogP contribution is 2.19. The van der Waals surface area contributed by atoms with Crippen LogP contribution in [0.2, 0.25) is 0 Å². The summed E-state index contributed by atoms with van der Waals surface area (Å²) in [7, 11) is 0. The van der Waals surface area contributed by atoms with Crippen LogP contribution in [0.5, 0.6) is 0 Å². The zero-order chi connectivity index (χ0) is 14.5. The summed E-state index contributed by atoms with van der Waals surface area (Å²) in [5, 5.41) is 23.7. The molecule has 106 valence electrons. The predicted molar refractivity (Wildman–Crippen MR) is 75.0 cm³/mol. The predicted octanol–water partition coefficient (Wildman–Crippen LogP) is 2.65. The van der Waals surface area contributed by atoms with Crippen molar-refractivity contribution in [2.75, 3.05) is 13.1 Å². The van der Waals surface area contributed by atoms with E-state index in [0.29, 0.717) is 12.1 Å². The molecule has 0 amide bonds. The molecule has 1 aromatic carbocycles. The molecule has 1 unspecified atom stereocenters. The first-order valence-corrected chi connectivity index (χ1v) is 6.49. The Morgan fingerprint density at radius 3 is 2.42 bits per heavy atom. The Hall–Kier alpha value is -1.46. The topological polar surface area (TPSA) is 75.4 Å². The summed E-state index contributed by atoms with van der Waals surface area (Å²) in [6.07, 6.45) is 0.418. The van der Waals surface area contributed by atoms with Crippen LogP contribution < -0.4 is 5.32 Å². The quantitative estimate of drug-likeness (QED) is 0.587. The average molecular weight is 266 g/mol. The van der Waals surface area contributed by atoms with Gasteiger partial charge in [-0.2, -0.15) is 0 Å². The van der Waals surface area contributed by atoms with E-state index in [2.05, 4.69) is 26.1 Å². The Labute approximate surface area is 113 Å². The van der Waals surface area contributed by atoms with Gasteiger partial charge in [-0.3, -0.25) is 10.1 Å². The molecule has 1 atom stereocenters. The summed E-state index contributed by atoms with van der Waals surface area (Å²) in [5.74, 6) is 0. The molecular weight excluding hydrogens is 244 g/mol. The van der Waals surface area contributed by atoms with Crippen molar-refractivity contribution in [1.29, 1.82) is 0 Å². The molecule has 0 radical (unpaired) electrons. The standard InChI is InChI=1S/C14H22N2O3/c1-4-14(2,3)10-15-9-13(17)11-5-7-12(8-6-11)16(18)19/h5-8,13,15,17H,4,9-10H2,1-3H3. The molecule has 0 heterocycles. The zero-order valence-electron chi connectivity index (χ0n) is 11.7. The molecule has 0 saturated heterocycles. The molecule has 1 rings (SSSR count). The molecule has 0 fully saturated rings. The van der Waals surface area contributed by atoms with E-state index in [1.54, 1.807) is 12.1 Å². The zero-order valence-corrected chi connectivity index (χ0v) is 11.7. The van der Waals surface area contributed by atoms with E-state index in [0.717, 1.165) is 13.0 Å². The molecule has 0 aromatic heterocycles. The Morgan fingerprint density at radius 2 is 1.95 bits per heavy atom. The Bertz CT molecular complexity index is 415. The van der Waals surface area contributed by atoms with Gasteiger partial charge in [0.05, 0.1) is 11.0 Å². The fourth-order valence-corrected chi connectivity index (χ4v) is 1.61. The van der Waals surface area contributed by atoms with Gasteiger partial charge < -0.3 is 10.4 Å². The molecule has 0 aliphatic carbocycles. The number of nitrogens with one attached hydrogen (secondary N) is 1. The molecule has 0 saturated carbocycles. The van der Waals surface area contributed by atoms with Gasteiger partial charge in [-0.1, -0.05) is 20.8 Å². The number of nitro groups is 1. The van der Waals surface area contributed by atoms with Gasteiger partial charge in [-0.05, 0) is 29.5 Å². The number of hydrogen-bond acceptors (Lipinski definition) is 4. The minimum atomic E-state index is -0.645. The van der Waals surface area contributed by atoms with Gasteiger partial charge >= 0.3 is 0 Å². The number of hydrogen-bond donors (Lipinski definition) is 2. The number of rotatable bonds is 7. The molecule has 1 aromatic rings. The molecular formula is C14H22N2O3. The maximum atomic E-state index is 10.5. The van der Waals surface area contributed by atoms with E-state index in [1.165, 1.54) is 12.1 Å². The first-order valence-electron chi connectivity index (χ1n) is 6.49. The SMILES string of the molecule is CCC(C)(C)CNCC(O)c1ccc([N+](=O)[O-])cc1. The van der Waals surface area contributed by atoms with Crippen LogP contribution in [0.3, 0.4) is 0 Å². The number of aliphatic hydroxyl groups excluding tert-OH is 1. The average Bonchev–Trinajstić information content (AvgIpc) is 2.38. The van der Waals surface area contributed by atoms with E-state index >= 15 is 0 Å². The van der Waals surface area contributed by atoms with Crippen LogP contribution in [0.1, 0.15) is 38.9 Å². The van der Waals surface area contributed by atoms with Gasteiger partial charge in [0.25, 0.3) is 5.69 Å². The molecule has 5 nitrogen and oxygen atoms in total. The van der Waals surface area contributed by atoms with Gasteiger partial charge in [0.2, 0.25) is 0 Å². The number of nitrogens with zero attached hydrogens (tertiary/aromatic N) is 1. The van der Waals surface area contributed by atoms with Gasteiger partial charge in [-0.15, -0.1) is 0 Å². The third-order valence-corrected chi connectivity index (χ3v) is 3.39. The fraction of sp³-hybridized carbons (Fsp3) is 0.571. The highest BCUT2D eigenvalue weighted by molar-refractivity contribution is 5.33. The largest absolute Gasteiger partial charge is 0.387 e. The van der Waals surface area contributed by atoms with Gasteiger partial charge in [0.1, 0.15) is 0 Å². The Kier molecular flexibility index (Phi) is 5.44. The van der Waals surface area contributed by atoms with E-state index in [9.17, 15) is 15.2 Å². The lowest BCUT2D eigenvalue weighted by Gasteiger charge is -2.24. The lowest BCUT2D eigenvalue weighted by molar-refractivity contribution is -0.384. The van der Waals surface area contributed by atoms with E-state index < -0.39 is 11.0 Å². The van der Waals surface area contributed by atoms with E-state index in [-0.39, 0.29) is 11.1 Å². The van der Waals surface area contributed by atoms with Crippen molar-refractivity contribution in [3.8, 4) is 0 Å². The Morgan fingerprint density at radius 1 is 1.37 bits per heavy atom. The van der Waals surface area contributed by atoms with Gasteiger partial charge in [0.15, 0.2) is 0 Å². The lowest BCUT2D eigenvalue weighted by atomic mass is 9.90. The molecule has 0 aliphatic rings. The summed E-state index contributed by atoms with van der Waals surface area (Å²) in [4.78, 5) is 10.1. The van der Waals surface area contributed by atoms with Crippen LogP contribution in [0.15, 0.2) is 24.3 Å². The van der Waals surface area contributed by atoms with Crippen molar-refractivity contribution in [3.05, 3.63) is 39.9 Å². The number of aliphatic hydroxyl groups is 1. The van der Waals surface area contributed by atoms with Crippen LogP contribution in [-0.2, 0) is 0 Å². The molecule has 2 N–H and O–H groups in total. The molecule has 0 aliphatic heterocycles. The summed E-state index contributed by atoms with van der Waals surface area (Å²) < 4.78 is 0. The third kappa shape index (κ3) is 4.96.